The van der Waals surface area contributed by atoms with Crippen molar-refractivity contribution in [3.05, 3.63) is 5.56 Å². The molecule has 3 N–H and O–H groups in total. The van der Waals surface area contributed by atoms with E-state index < -0.39 is 41.9 Å². The van der Waals surface area contributed by atoms with Gasteiger partial charge in [-0.15, -0.1) is 5.10 Å². The number of nitrogens with zero attached hydrogens (tertiary/aromatic N) is 2. The van der Waals surface area contributed by atoms with Gasteiger partial charge in [0.1, 0.15) is 12.4 Å². The van der Waals surface area contributed by atoms with Crippen LogP contribution in [0.3, 0.4) is 0 Å². The van der Waals surface area contributed by atoms with Gasteiger partial charge < -0.3 is 20.3 Å². The first-order valence-electron chi connectivity index (χ1n) is 5.10. The fourth-order valence-electron chi connectivity index (χ4n) is 1.26. The van der Waals surface area contributed by atoms with Crippen molar-refractivity contribution >= 4 is 17.7 Å². The summed E-state index contributed by atoms with van der Waals surface area (Å²) in [5, 5.41) is 22.4. The molecule has 1 amide bonds. The van der Waals surface area contributed by atoms with E-state index in [-0.39, 0.29) is 6.61 Å². The third kappa shape index (κ3) is 3.38. The van der Waals surface area contributed by atoms with Gasteiger partial charge in [0.25, 0.3) is 0 Å². The highest BCUT2D eigenvalue weighted by molar-refractivity contribution is 6.02. The summed E-state index contributed by atoms with van der Waals surface area (Å²) in [6.07, 6.45) is -5.17. The summed E-state index contributed by atoms with van der Waals surface area (Å²) in [4.78, 5) is 21.9. The average Bonchev–Trinajstić information content (AvgIpc) is 2.62. The molecule has 1 rings (SSSR count). The maximum Gasteiger partial charge on any atom is 0.471 e. The Morgan fingerprint density at radius 1 is 1.45 bits per heavy atom. The normalized spacial score (nSPS) is 11.2. The number of alkyl halides is 3. The highest BCUT2D eigenvalue weighted by Crippen LogP contribution is 2.27. The average molecular weight is 297 g/mol. The Bertz CT molecular complexity index is 526. The number of aliphatic hydroxyl groups is 1. The summed E-state index contributed by atoms with van der Waals surface area (Å²) >= 11 is 0. The molecule has 0 bridgehead atoms. The van der Waals surface area contributed by atoms with Gasteiger partial charge in [0, 0.05) is 7.05 Å². The number of rotatable bonds is 5. The third-order valence-electron chi connectivity index (χ3n) is 2.05. The minimum atomic E-state index is -5.17. The first-order valence-corrected chi connectivity index (χ1v) is 5.10. The quantitative estimate of drug-likeness (QED) is 0.704. The van der Waals surface area contributed by atoms with Crippen LogP contribution in [-0.4, -0.2) is 51.3 Å². The molecule has 0 aromatic carbocycles. The van der Waals surface area contributed by atoms with Crippen molar-refractivity contribution in [2.45, 2.75) is 6.18 Å². The smallest absolute Gasteiger partial charge is 0.471 e. The summed E-state index contributed by atoms with van der Waals surface area (Å²) < 4.78 is 42.0. The Morgan fingerprint density at radius 2 is 2.05 bits per heavy atom. The zero-order chi connectivity index (χ0) is 15.5. The van der Waals surface area contributed by atoms with Gasteiger partial charge in [0.2, 0.25) is 5.88 Å². The summed E-state index contributed by atoms with van der Waals surface area (Å²) in [6.45, 7) is -0.746. The van der Waals surface area contributed by atoms with Gasteiger partial charge in [-0.1, -0.05) is 0 Å². The standard InChI is InChI=1S/C9H10F3N3O5/c1-15-5(13-8(19)9(10,11)12)4(7(17)18)6(14-15)20-3-2-16/h16H,2-3H2,1H3,(H,13,19)(H,17,18). The van der Waals surface area contributed by atoms with Crippen molar-refractivity contribution in [2.75, 3.05) is 18.5 Å². The number of hydrogen-bond donors (Lipinski definition) is 3. The molecule has 0 aliphatic carbocycles. The largest absolute Gasteiger partial charge is 0.477 e. The number of aryl methyl sites for hydroxylation is 1. The SMILES string of the molecule is Cn1nc(OCCO)c(C(=O)O)c1NC(=O)C(F)(F)F. The number of anilines is 1. The first-order chi connectivity index (χ1) is 9.18. The Balaban J connectivity index is 3.15. The van der Waals surface area contributed by atoms with E-state index >= 15 is 0 Å². The van der Waals surface area contributed by atoms with Crippen molar-refractivity contribution in [1.29, 1.82) is 0 Å². The van der Waals surface area contributed by atoms with Crippen molar-refractivity contribution < 1.29 is 37.7 Å². The minimum Gasteiger partial charge on any atom is -0.477 e. The molecule has 0 atom stereocenters. The van der Waals surface area contributed by atoms with Gasteiger partial charge in [-0.2, -0.15) is 13.2 Å². The number of hydrogen-bond acceptors (Lipinski definition) is 5. The highest BCUT2D eigenvalue weighted by atomic mass is 19.4. The molecule has 1 aromatic heterocycles. The van der Waals surface area contributed by atoms with Gasteiger partial charge >= 0.3 is 18.1 Å². The fraction of sp³-hybridized carbons (Fsp3) is 0.444. The van der Waals surface area contributed by atoms with E-state index in [0.717, 1.165) is 11.7 Å². The summed E-state index contributed by atoms with van der Waals surface area (Å²) in [6, 6.07) is 0. The molecule has 0 unspecified atom stereocenters. The molecule has 1 aromatic rings. The van der Waals surface area contributed by atoms with Gasteiger partial charge in [-0.25, -0.2) is 9.48 Å². The zero-order valence-electron chi connectivity index (χ0n) is 10.1. The number of amides is 1. The number of aromatic carboxylic acids is 1. The lowest BCUT2D eigenvalue weighted by molar-refractivity contribution is -0.167. The maximum atomic E-state index is 12.2. The molecule has 0 radical (unpaired) electrons. The Hall–Kier alpha value is -2.30. The van der Waals surface area contributed by atoms with E-state index in [0.29, 0.717) is 0 Å². The van der Waals surface area contributed by atoms with Crippen LogP contribution in [0, 0.1) is 0 Å². The molecule has 20 heavy (non-hydrogen) atoms. The summed E-state index contributed by atoms with van der Waals surface area (Å²) in [5.74, 6) is -5.15. The van der Waals surface area contributed by atoms with E-state index in [1.54, 1.807) is 0 Å². The van der Waals surface area contributed by atoms with Crippen molar-refractivity contribution in [3.63, 3.8) is 0 Å². The minimum absolute atomic E-state index is 0.302. The molecule has 0 fully saturated rings. The van der Waals surface area contributed by atoms with Crippen LogP contribution in [0.1, 0.15) is 10.4 Å². The molecule has 11 heteroatoms. The number of aliphatic hydroxyl groups excluding tert-OH is 1. The third-order valence-corrected chi connectivity index (χ3v) is 2.05. The Morgan fingerprint density at radius 3 is 2.50 bits per heavy atom. The van der Waals surface area contributed by atoms with Crippen LogP contribution in [0.25, 0.3) is 0 Å². The molecule has 0 aliphatic heterocycles. The molecule has 0 spiro atoms. The molecule has 0 saturated heterocycles. The van der Waals surface area contributed by atoms with Gasteiger partial charge in [0.05, 0.1) is 6.61 Å². The number of nitrogens with one attached hydrogen (secondary N) is 1. The van der Waals surface area contributed by atoms with E-state index in [4.69, 9.17) is 14.9 Å². The molecule has 0 saturated carbocycles. The lowest BCUT2D eigenvalue weighted by Crippen LogP contribution is -2.31. The van der Waals surface area contributed by atoms with Crippen LogP contribution in [-0.2, 0) is 11.8 Å². The molecular weight excluding hydrogens is 287 g/mol. The number of halogens is 3. The molecular formula is C9H10F3N3O5. The predicted molar refractivity (Wildman–Crippen MR) is 57.4 cm³/mol. The van der Waals surface area contributed by atoms with Crippen LogP contribution in [0.5, 0.6) is 5.88 Å². The van der Waals surface area contributed by atoms with E-state index in [9.17, 15) is 22.8 Å². The lowest BCUT2D eigenvalue weighted by Gasteiger charge is -2.08. The Labute approximate surface area is 109 Å². The maximum absolute atomic E-state index is 12.2. The predicted octanol–water partition coefficient (Wildman–Crippen LogP) is -0.00980. The monoisotopic (exact) mass is 297 g/mol. The van der Waals surface area contributed by atoms with Crippen LogP contribution < -0.4 is 10.1 Å². The van der Waals surface area contributed by atoms with Crippen molar-refractivity contribution in [3.8, 4) is 5.88 Å². The Kier molecular flexibility index (Phi) is 4.55. The van der Waals surface area contributed by atoms with Gasteiger partial charge in [0.15, 0.2) is 5.56 Å². The van der Waals surface area contributed by atoms with Crippen molar-refractivity contribution in [1.82, 2.24) is 9.78 Å². The molecule has 8 nitrogen and oxygen atoms in total. The molecule has 112 valence electrons. The van der Waals surface area contributed by atoms with Crippen LogP contribution in [0.2, 0.25) is 0 Å². The second-order valence-corrected chi connectivity index (χ2v) is 3.48. The van der Waals surface area contributed by atoms with E-state index in [1.807, 2.05) is 0 Å². The molecule has 1 heterocycles. The lowest BCUT2D eigenvalue weighted by atomic mass is 10.3. The zero-order valence-corrected chi connectivity index (χ0v) is 10.1. The fourth-order valence-corrected chi connectivity index (χ4v) is 1.26. The van der Waals surface area contributed by atoms with E-state index in [2.05, 4.69) is 5.10 Å². The highest BCUT2D eigenvalue weighted by Gasteiger charge is 2.40. The number of carbonyl (C=O) groups is 2. The van der Waals surface area contributed by atoms with Crippen LogP contribution >= 0.6 is 0 Å². The number of aromatic nitrogens is 2. The topological polar surface area (TPSA) is 114 Å². The number of carboxylic acid groups (broad SMARTS) is 1. The van der Waals surface area contributed by atoms with Crippen LogP contribution in [0.15, 0.2) is 0 Å². The van der Waals surface area contributed by atoms with Crippen molar-refractivity contribution in [2.24, 2.45) is 7.05 Å². The molecule has 0 aliphatic rings. The number of ether oxygens (including phenoxy) is 1. The van der Waals surface area contributed by atoms with Crippen LogP contribution in [0.4, 0.5) is 19.0 Å². The number of carboxylic acids is 1. The summed E-state index contributed by atoms with van der Waals surface area (Å²) in [5.41, 5.74) is -0.737. The number of carbonyl (C=O) groups excluding carboxylic acids is 1. The second kappa shape index (κ2) is 5.77. The van der Waals surface area contributed by atoms with Gasteiger partial charge in [-0.05, 0) is 0 Å². The van der Waals surface area contributed by atoms with Gasteiger partial charge in [-0.3, -0.25) is 4.79 Å². The second-order valence-electron chi connectivity index (χ2n) is 3.48. The first kappa shape index (κ1) is 15.8. The summed E-state index contributed by atoms with van der Waals surface area (Å²) in [7, 11) is 1.13. The van der Waals surface area contributed by atoms with E-state index in [1.165, 1.54) is 5.32 Å².